The number of hydrogen-bond donors (Lipinski definition) is 1. The minimum atomic E-state index is -0.468. The first-order valence-corrected chi connectivity index (χ1v) is 13.7. The van der Waals surface area contributed by atoms with Gasteiger partial charge in [-0.3, -0.25) is 9.59 Å². The van der Waals surface area contributed by atoms with Crippen LogP contribution in [0.4, 0.5) is 4.39 Å². The molecule has 2 aliphatic carbocycles. The number of rotatable bonds is 5. The predicted octanol–water partition coefficient (Wildman–Crippen LogP) is 7.15. The molecular weight excluding hydrogens is 549 g/mol. The summed E-state index contributed by atoms with van der Waals surface area (Å²) in [5.74, 6) is 0.373. The van der Waals surface area contributed by atoms with E-state index in [1.165, 1.54) is 12.1 Å². The van der Waals surface area contributed by atoms with E-state index >= 15 is 0 Å². The monoisotopic (exact) mass is 581 g/mol. The van der Waals surface area contributed by atoms with Gasteiger partial charge in [0.15, 0.2) is 23.1 Å². The van der Waals surface area contributed by atoms with Gasteiger partial charge in [0.05, 0.1) is 11.6 Å². The zero-order chi connectivity index (χ0) is 27.4. The molecule has 0 amide bonds. The average molecular weight is 583 g/mol. The molecule has 0 bridgehead atoms. The maximum absolute atomic E-state index is 13.6. The van der Waals surface area contributed by atoms with E-state index in [2.05, 4.69) is 48.9 Å². The number of ether oxygens (including phenoxy) is 2. The van der Waals surface area contributed by atoms with Crippen LogP contribution in [0.15, 0.2) is 63.4 Å². The minimum Gasteiger partial charge on any atom is -0.493 e. The van der Waals surface area contributed by atoms with Crippen LogP contribution in [0.2, 0.25) is 0 Å². The van der Waals surface area contributed by atoms with Crippen molar-refractivity contribution in [1.82, 2.24) is 5.32 Å². The molecule has 5 rings (SSSR count). The van der Waals surface area contributed by atoms with Gasteiger partial charge < -0.3 is 14.8 Å². The van der Waals surface area contributed by atoms with Crippen LogP contribution in [0.5, 0.6) is 11.5 Å². The van der Waals surface area contributed by atoms with Crippen LogP contribution in [0.3, 0.4) is 0 Å². The lowest BCUT2D eigenvalue weighted by Crippen LogP contribution is -2.42. The normalized spacial score (nSPS) is 20.6. The van der Waals surface area contributed by atoms with Gasteiger partial charge in [-0.05, 0) is 75.0 Å². The molecule has 1 heterocycles. The Hall–Kier alpha value is -2.93. The molecule has 38 heavy (non-hydrogen) atoms. The summed E-state index contributed by atoms with van der Waals surface area (Å²) in [4.78, 5) is 27.2. The van der Waals surface area contributed by atoms with E-state index in [4.69, 9.17) is 9.47 Å². The van der Waals surface area contributed by atoms with Gasteiger partial charge in [0.25, 0.3) is 0 Å². The number of halogens is 2. The molecule has 0 unspecified atom stereocenters. The lowest BCUT2D eigenvalue weighted by Gasteiger charge is -2.44. The van der Waals surface area contributed by atoms with Gasteiger partial charge >= 0.3 is 0 Å². The number of dihydropyridines is 1. The third kappa shape index (κ3) is 5.05. The molecule has 7 heteroatoms. The molecule has 200 valence electrons. The van der Waals surface area contributed by atoms with Crippen LogP contribution in [-0.4, -0.2) is 18.7 Å². The number of hydrogen-bond acceptors (Lipinski definition) is 5. The number of allylic oxidation sites excluding steroid dienone is 4. The van der Waals surface area contributed by atoms with Crippen molar-refractivity contribution in [3.05, 3.63) is 80.4 Å². The molecule has 0 aromatic heterocycles. The van der Waals surface area contributed by atoms with Crippen LogP contribution in [0.25, 0.3) is 0 Å². The Morgan fingerprint density at radius 2 is 1.47 bits per heavy atom. The zero-order valence-corrected chi connectivity index (χ0v) is 24.1. The van der Waals surface area contributed by atoms with Crippen LogP contribution < -0.4 is 14.8 Å². The number of methoxy groups -OCH3 is 1. The maximum atomic E-state index is 13.6. The molecule has 1 N–H and O–H groups in total. The highest BCUT2D eigenvalue weighted by Crippen LogP contribution is 2.52. The number of ketones is 2. The first kappa shape index (κ1) is 26.7. The summed E-state index contributed by atoms with van der Waals surface area (Å²) in [6.07, 6.45) is 2.35. The molecule has 0 saturated carbocycles. The van der Waals surface area contributed by atoms with Gasteiger partial charge in [-0.2, -0.15) is 0 Å². The molecule has 2 aromatic carbocycles. The number of Topliss-reactive ketones (excluding diaryl/α,β-unsaturated/α-hetero) is 2. The van der Waals surface area contributed by atoms with Gasteiger partial charge in [-0.25, -0.2) is 4.39 Å². The molecule has 3 aliphatic rings. The van der Waals surface area contributed by atoms with Crippen LogP contribution in [-0.2, 0) is 16.2 Å². The molecule has 0 saturated heterocycles. The summed E-state index contributed by atoms with van der Waals surface area (Å²) < 4.78 is 25.8. The van der Waals surface area contributed by atoms with E-state index < -0.39 is 5.92 Å². The lowest BCUT2D eigenvalue weighted by molar-refractivity contribution is -0.119. The van der Waals surface area contributed by atoms with E-state index in [0.29, 0.717) is 40.0 Å². The lowest BCUT2D eigenvalue weighted by atomic mass is 9.64. The fraction of sp³-hybridized carbons (Fsp3) is 0.419. The highest BCUT2D eigenvalue weighted by Gasteiger charge is 2.46. The van der Waals surface area contributed by atoms with Crippen molar-refractivity contribution in [2.75, 3.05) is 7.11 Å². The van der Waals surface area contributed by atoms with Gasteiger partial charge in [0, 0.05) is 41.3 Å². The van der Waals surface area contributed by atoms with Gasteiger partial charge in [0.1, 0.15) is 12.4 Å². The topological polar surface area (TPSA) is 64.6 Å². The molecule has 0 spiro atoms. The summed E-state index contributed by atoms with van der Waals surface area (Å²) in [5, 5.41) is 3.55. The second kappa shape index (κ2) is 9.67. The van der Waals surface area contributed by atoms with Crippen molar-refractivity contribution in [1.29, 1.82) is 0 Å². The van der Waals surface area contributed by atoms with E-state index in [9.17, 15) is 14.0 Å². The van der Waals surface area contributed by atoms with Gasteiger partial charge in [-0.1, -0.05) is 39.8 Å². The highest BCUT2D eigenvalue weighted by molar-refractivity contribution is 9.10. The maximum Gasteiger partial charge on any atom is 0.175 e. The van der Waals surface area contributed by atoms with E-state index in [0.717, 1.165) is 35.4 Å². The second-order valence-electron chi connectivity index (χ2n) is 12.2. The quantitative estimate of drug-likeness (QED) is 0.406. The highest BCUT2D eigenvalue weighted by atomic mass is 79.9. The third-order valence-electron chi connectivity index (χ3n) is 7.60. The average Bonchev–Trinajstić information content (AvgIpc) is 2.81. The minimum absolute atomic E-state index is 0.0738. The van der Waals surface area contributed by atoms with Crippen molar-refractivity contribution < 1.29 is 23.5 Å². The van der Waals surface area contributed by atoms with Crippen molar-refractivity contribution in [2.24, 2.45) is 10.8 Å². The second-order valence-corrected chi connectivity index (χ2v) is 13.0. The Balaban J connectivity index is 1.59. The number of benzene rings is 2. The zero-order valence-electron chi connectivity index (χ0n) is 22.5. The number of carbonyl (C=O) groups is 2. The van der Waals surface area contributed by atoms with E-state index in [-0.39, 0.29) is 34.8 Å². The number of carbonyl (C=O) groups excluding carboxylic acids is 2. The Kier molecular flexibility index (Phi) is 6.79. The fourth-order valence-corrected chi connectivity index (χ4v) is 6.58. The van der Waals surface area contributed by atoms with Gasteiger partial charge in [-0.15, -0.1) is 0 Å². The largest absolute Gasteiger partial charge is 0.493 e. The van der Waals surface area contributed by atoms with Gasteiger partial charge in [0.2, 0.25) is 0 Å². The molecular formula is C31H33BrFNO4. The summed E-state index contributed by atoms with van der Waals surface area (Å²) in [5.41, 5.74) is 4.53. The van der Waals surface area contributed by atoms with E-state index in [1.807, 2.05) is 12.1 Å². The Morgan fingerprint density at radius 1 is 0.921 bits per heavy atom. The summed E-state index contributed by atoms with van der Waals surface area (Å²) in [6.45, 7) is 8.67. The standard InChI is InChI=1S/C31H33BrFNO4/c1-30(2)12-21-27(23(35)14-30)26(28-22(34-21)13-31(3,4)15-24(28)36)18-10-20(32)29(25(11-18)37-5)38-16-17-6-8-19(33)9-7-17/h6-11,26,34H,12-16H2,1-5H3. The summed E-state index contributed by atoms with van der Waals surface area (Å²) in [7, 11) is 1.57. The summed E-state index contributed by atoms with van der Waals surface area (Å²) in [6, 6.07) is 9.93. The Bertz CT molecular complexity index is 1340. The Morgan fingerprint density at radius 3 is 2.00 bits per heavy atom. The molecule has 2 aromatic rings. The van der Waals surface area contributed by atoms with E-state index in [1.54, 1.807) is 19.2 Å². The molecule has 0 fully saturated rings. The summed E-state index contributed by atoms with van der Waals surface area (Å²) >= 11 is 3.65. The van der Waals surface area contributed by atoms with Crippen LogP contribution in [0, 0.1) is 16.6 Å². The van der Waals surface area contributed by atoms with Crippen molar-refractivity contribution >= 4 is 27.5 Å². The van der Waals surface area contributed by atoms with Crippen LogP contribution in [0.1, 0.15) is 70.4 Å². The smallest absolute Gasteiger partial charge is 0.175 e. The number of nitrogens with one attached hydrogen (secondary N) is 1. The molecule has 0 radical (unpaired) electrons. The predicted molar refractivity (Wildman–Crippen MR) is 147 cm³/mol. The first-order valence-electron chi connectivity index (χ1n) is 12.9. The third-order valence-corrected chi connectivity index (χ3v) is 8.19. The molecule has 0 atom stereocenters. The van der Waals surface area contributed by atoms with Crippen LogP contribution >= 0.6 is 15.9 Å². The SMILES string of the molecule is COc1cc(C2C3=C(CC(C)(C)CC3=O)NC3=C2C(=O)CC(C)(C)C3)cc(Br)c1OCc1ccc(F)cc1. The Labute approximate surface area is 231 Å². The van der Waals surface area contributed by atoms with Crippen molar-refractivity contribution in [2.45, 2.75) is 65.9 Å². The molecule has 1 aliphatic heterocycles. The molecule has 5 nitrogen and oxygen atoms in total. The first-order chi connectivity index (χ1) is 17.9. The fourth-order valence-electron chi connectivity index (χ4n) is 6.00. The van der Waals surface area contributed by atoms with Crippen molar-refractivity contribution in [3.8, 4) is 11.5 Å². The van der Waals surface area contributed by atoms with Crippen molar-refractivity contribution in [3.63, 3.8) is 0 Å².